The number of amides is 1. The largest absolute Gasteiger partial charge is 0.416 e. The minimum Gasteiger partial charge on any atom is -0.387 e. The number of alkyl halides is 3. The topological polar surface area (TPSA) is 87.1 Å². The number of aliphatic hydroxyl groups excluding tert-OH is 1. The second-order valence-electron chi connectivity index (χ2n) is 5.15. The molecule has 9 heteroatoms. The number of carbonyl (C=O) groups is 1. The number of benzene rings is 1. The molecule has 0 spiro atoms. The lowest BCUT2D eigenvalue weighted by molar-refractivity contribution is -0.139. The molecule has 6 nitrogen and oxygen atoms in total. The van der Waals surface area contributed by atoms with Crippen molar-refractivity contribution >= 4 is 11.9 Å². The van der Waals surface area contributed by atoms with E-state index in [1.54, 1.807) is 18.5 Å². The lowest BCUT2D eigenvalue weighted by Crippen LogP contribution is -2.30. The zero-order chi connectivity index (χ0) is 18.3. The highest BCUT2D eigenvalue weighted by Gasteiger charge is 2.34. The quantitative estimate of drug-likeness (QED) is 0.709. The van der Waals surface area contributed by atoms with Gasteiger partial charge in [0.15, 0.2) is 0 Å². The minimum absolute atomic E-state index is 0.0614. The molecule has 0 aliphatic rings. The van der Waals surface area contributed by atoms with Crippen molar-refractivity contribution in [3.8, 4) is 0 Å². The molecule has 1 heterocycles. The van der Waals surface area contributed by atoms with Crippen LogP contribution in [0.5, 0.6) is 0 Å². The van der Waals surface area contributed by atoms with Gasteiger partial charge in [-0.05, 0) is 17.7 Å². The van der Waals surface area contributed by atoms with E-state index in [0.29, 0.717) is 5.95 Å². The molecule has 2 rings (SSSR count). The fraction of sp³-hybridized carbons (Fsp3) is 0.312. The van der Waals surface area contributed by atoms with Gasteiger partial charge in [0, 0.05) is 31.9 Å². The number of hydrogen-bond donors (Lipinski definition) is 3. The van der Waals surface area contributed by atoms with Gasteiger partial charge < -0.3 is 15.7 Å². The van der Waals surface area contributed by atoms with E-state index >= 15 is 0 Å². The van der Waals surface area contributed by atoms with Crippen LogP contribution in [0.15, 0.2) is 42.7 Å². The maximum absolute atomic E-state index is 12.9. The summed E-state index contributed by atoms with van der Waals surface area (Å²) in [6.07, 6.45) is -2.87. The zero-order valence-corrected chi connectivity index (χ0v) is 13.1. The average Bonchev–Trinajstić information content (AvgIpc) is 2.60. The molecule has 0 bridgehead atoms. The molecule has 0 saturated heterocycles. The molecule has 0 aliphatic carbocycles. The normalized spacial score (nSPS) is 12.5. The molecule has 25 heavy (non-hydrogen) atoms. The van der Waals surface area contributed by atoms with Crippen LogP contribution >= 0.6 is 0 Å². The standard InChI is InChI=1S/C16H17F3N4O2/c17-16(18,19)12-5-2-1-4-11(12)13(24)10-23-14(25)6-9-22-15-20-7-3-8-21-15/h1-5,7-8,13,24H,6,9-10H2,(H,23,25)(H,20,21,22)/t13-/m0/s1. The van der Waals surface area contributed by atoms with Crippen molar-refractivity contribution in [2.24, 2.45) is 0 Å². The molecule has 0 radical (unpaired) electrons. The number of halogens is 3. The van der Waals surface area contributed by atoms with Crippen LogP contribution in [-0.4, -0.2) is 34.1 Å². The Balaban J connectivity index is 1.82. The van der Waals surface area contributed by atoms with Crippen LogP contribution in [0, 0.1) is 0 Å². The summed E-state index contributed by atoms with van der Waals surface area (Å²) in [5.41, 5.74) is -1.19. The highest BCUT2D eigenvalue weighted by atomic mass is 19.4. The third-order valence-corrected chi connectivity index (χ3v) is 3.32. The van der Waals surface area contributed by atoms with Gasteiger partial charge in [0.2, 0.25) is 11.9 Å². The summed E-state index contributed by atoms with van der Waals surface area (Å²) in [6.45, 7) is -0.0567. The predicted octanol–water partition coefficient (Wildman–Crippen LogP) is 2.15. The van der Waals surface area contributed by atoms with Crippen LogP contribution in [0.2, 0.25) is 0 Å². The van der Waals surface area contributed by atoms with Gasteiger partial charge >= 0.3 is 6.18 Å². The van der Waals surface area contributed by atoms with Crippen LogP contribution in [0.4, 0.5) is 19.1 Å². The fourth-order valence-electron chi connectivity index (χ4n) is 2.13. The first kappa shape index (κ1) is 18.7. The smallest absolute Gasteiger partial charge is 0.387 e. The number of anilines is 1. The first-order valence-corrected chi connectivity index (χ1v) is 7.49. The lowest BCUT2D eigenvalue weighted by atomic mass is 10.0. The fourth-order valence-corrected chi connectivity index (χ4v) is 2.13. The van der Waals surface area contributed by atoms with Crippen LogP contribution in [0.3, 0.4) is 0 Å². The van der Waals surface area contributed by atoms with Gasteiger partial charge in [0.1, 0.15) is 0 Å². The van der Waals surface area contributed by atoms with Gasteiger partial charge in [0.05, 0.1) is 11.7 Å². The number of aliphatic hydroxyl groups is 1. The van der Waals surface area contributed by atoms with E-state index in [1.165, 1.54) is 18.2 Å². The first-order valence-electron chi connectivity index (χ1n) is 7.49. The van der Waals surface area contributed by atoms with Crippen molar-refractivity contribution in [1.82, 2.24) is 15.3 Å². The Morgan fingerprint density at radius 2 is 1.84 bits per heavy atom. The third-order valence-electron chi connectivity index (χ3n) is 3.32. The number of nitrogens with zero attached hydrogens (tertiary/aromatic N) is 2. The lowest BCUT2D eigenvalue weighted by Gasteiger charge is -2.18. The van der Waals surface area contributed by atoms with Crippen molar-refractivity contribution in [3.63, 3.8) is 0 Å². The Labute approximate surface area is 142 Å². The van der Waals surface area contributed by atoms with E-state index in [1.807, 2.05) is 0 Å². The number of aromatic nitrogens is 2. The monoisotopic (exact) mass is 354 g/mol. The average molecular weight is 354 g/mol. The first-order chi connectivity index (χ1) is 11.9. The maximum Gasteiger partial charge on any atom is 0.416 e. The highest BCUT2D eigenvalue weighted by Crippen LogP contribution is 2.34. The van der Waals surface area contributed by atoms with Gasteiger partial charge in [0.25, 0.3) is 0 Å². The summed E-state index contributed by atoms with van der Waals surface area (Å²) in [5.74, 6) is -0.0404. The van der Waals surface area contributed by atoms with Gasteiger partial charge in [-0.15, -0.1) is 0 Å². The molecule has 134 valence electrons. The van der Waals surface area contributed by atoms with E-state index in [9.17, 15) is 23.1 Å². The van der Waals surface area contributed by atoms with Crippen LogP contribution in [0.25, 0.3) is 0 Å². The van der Waals surface area contributed by atoms with Crippen LogP contribution in [-0.2, 0) is 11.0 Å². The van der Waals surface area contributed by atoms with Crippen LogP contribution in [0.1, 0.15) is 23.7 Å². The molecule has 0 saturated carbocycles. The van der Waals surface area contributed by atoms with Gasteiger partial charge in [-0.1, -0.05) is 18.2 Å². The molecule has 3 N–H and O–H groups in total. The van der Waals surface area contributed by atoms with Crippen molar-refractivity contribution in [3.05, 3.63) is 53.9 Å². The van der Waals surface area contributed by atoms with Gasteiger partial charge in [-0.3, -0.25) is 4.79 Å². The predicted molar refractivity (Wildman–Crippen MR) is 84.6 cm³/mol. The molecule has 1 amide bonds. The SMILES string of the molecule is O=C(CCNc1ncccn1)NC[C@H](O)c1ccccc1C(F)(F)F. The molecular weight excluding hydrogens is 337 g/mol. The molecule has 1 aromatic carbocycles. The molecular formula is C16H17F3N4O2. The van der Waals surface area contributed by atoms with Crippen molar-refractivity contribution < 1.29 is 23.1 Å². The number of rotatable bonds is 7. The van der Waals surface area contributed by atoms with Crippen molar-refractivity contribution in [2.45, 2.75) is 18.7 Å². The van der Waals surface area contributed by atoms with Crippen LogP contribution < -0.4 is 10.6 Å². The summed E-state index contributed by atoms with van der Waals surface area (Å²) in [7, 11) is 0. The second-order valence-corrected chi connectivity index (χ2v) is 5.15. The maximum atomic E-state index is 12.9. The third kappa shape index (κ3) is 5.71. The van der Waals surface area contributed by atoms with E-state index in [4.69, 9.17) is 0 Å². The number of hydrogen-bond acceptors (Lipinski definition) is 5. The van der Waals surface area contributed by atoms with E-state index in [-0.39, 0.29) is 25.1 Å². The molecule has 0 unspecified atom stereocenters. The van der Waals surface area contributed by atoms with Crippen molar-refractivity contribution in [1.29, 1.82) is 0 Å². The molecule has 0 fully saturated rings. The molecule has 1 aromatic heterocycles. The Morgan fingerprint density at radius 3 is 2.52 bits per heavy atom. The zero-order valence-electron chi connectivity index (χ0n) is 13.1. The Morgan fingerprint density at radius 1 is 1.16 bits per heavy atom. The summed E-state index contributed by atoms with van der Waals surface area (Å²) in [5, 5.41) is 15.2. The Hall–Kier alpha value is -2.68. The minimum atomic E-state index is -4.57. The summed E-state index contributed by atoms with van der Waals surface area (Å²) < 4.78 is 38.8. The number of nitrogens with one attached hydrogen (secondary N) is 2. The van der Waals surface area contributed by atoms with E-state index in [0.717, 1.165) is 6.07 Å². The summed E-state index contributed by atoms with van der Waals surface area (Å²) >= 11 is 0. The molecule has 0 aliphatic heterocycles. The summed E-state index contributed by atoms with van der Waals surface area (Å²) in [4.78, 5) is 19.6. The molecule has 2 aromatic rings. The number of carbonyl (C=O) groups excluding carboxylic acids is 1. The van der Waals surface area contributed by atoms with E-state index in [2.05, 4.69) is 20.6 Å². The Bertz CT molecular complexity index is 695. The van der Waals surface area contributed by atoms with Crippen molar-refractivity contribution in [2.75, 3.05) is 18.4 Å². The van der Waals surface area contributed by atoms with E-state index < -0.39 is 23.8 Å². The highest BCUT2D eigenvalue weighted by molar-refractivity contribution is 5.76. The van der Waals surface area contributed by atoms with Gasteiger partial charge in [-0.25, -0.2) is 9.97 Å². The van der Waals surface area contributed by atoms with Gasteiger partial charge in [-0.2, -0.15) is 13.2 Å². The Kier molecular flexibility index (Phi) is 6.29. The second kappa shape index (κ2) is 8.43. The summed E-state index contributed by atoms with van der Waals surface area (Å²) in [6, 6.07) is 6.38. The molecule has 1 atom stereocenters.